The number of nitrogens with one attached hydrogen (secondary N) is 1. The number of aryl methyl sites for hydroxylation is 1. The number of likely N-dealkylation sites (tertiary alicyclic amines) is 1. The van der Waals surface area contributed by atoms with Crippen LogP contribution in [-0.2, 0) is 14.8 Å². The Balaban J connectivity index is 1.76. The van der Waals surface area contributed by atoms with Crippen LogP contribution in [0.3, 0.4) is 0 Å². The number of hydrogen-bond acceptors (Lipinski definition) is 4. The highest BCUT2D eigenvalue weighted by Crippen LogP contribution is 2.59. The van der Waals surface area contributed by atoms with Crippen LogP contribution in [0.25, 0.3) is 0 Å². The number of rotatable bonds is 4. The largest absolute Gasteiger partial charge is 0.481 e. The van der Waals surface area contributed by atoms with E-state index >= 15 is 0 Å². The number of benzene rings is 1. The van der Waals surface area contributed by atoms with E-state index in [9.17, 15) is 18.0 Å². The van der Waals surface area contributed by atoms with Crippen molar-refractivity contribution < 1.29 is 23.1 Å². The number of piperidine rings is 1. The molecule has 1 aliphatic carbocycles. The molecule has 1 atom stereocenters. The van der Waals surface area contributed by atoms with Gasteiger partial charge in [-0.1, -0.05) is 11.6 Å². The van der Waals surface area contributed by atoms with Crippen LogP contribution in [0.2, 0.25) is 0 Å². The second-order valence-corrected chi connectivity index (χ2v) is 8.92. The zero-order valence-electron chi connectivity index (χ0n) is 14.3. The number of carboxylic acids is 1. The summed E-state index contributed by atoms with van der Waals surface area (Å²) in [7, 11) is -3.49. The van der Waals surface area contributed by atoms with Gasteiger partial charge in [-0.2, -0.15) is 0 Å². The molecule has 1 spiro atoms. The van der Waals surface area contributed by atoms with Gasteiger partial charge < -0.3 is 10.0 Å². The summed E-state index contributed by atoms with van der Waals surface area (Å²) in [6.07, 6.45) is 3.09. The molecule has 7 nitrogen and oxygen atoms in total. The molecule has 2 fully saturated rings. The summed E-state index contributed by atoms with van der Waals surface area (Å²) in [5, 5.41) is 9.15. The highest BCUT2D eigenvalue weighted by Gasteiger charge is 2.59. The van der Waals surface area contributed by atoms with Crippen molar-refractivity contribution in [2.45, 2.75) is 26.2 Å². The average Bonchev–Trinajstić information content (AvgIpc) is 3.22. The zero-order valence-corrected chi connectivity index (χ0v) is 15.1. The van der Waals surface area contributed by atoms with Crippen molar-refractivity contribution in [2.24, 2.45) is 11.3 Å². The third-order valence-electron chi connectivity index (χ3n) is 5.24. The van der Waals surface area contributed by atoms with Crippen LogP contribution in [0.4, 0.5) is 5.69 Å². The molecule has 0 radical (unpaired) electrons. The average molecular weight is 366 g/mol. The van der Waals surface area contributed by atoms with Gasteiger partial charge in [-0.05, 0) is 43.7 Å². The van der Waals surface area contributed by atoms with E-state index in [2.05, 4.69) is 4.72 Å². The molecule has 0 aromatic heterocycles. The summed E-state index contributed by atoms with van der Waals surface area (Å²) in [6, 6.07) is 5.02. The summed E-state index contributed by atoms with van der Waals surface area (Å²) in [6.45, 7) is 2.83. The molecule has 2 N–H and O–H groups in total. The SMILES string of the molecule is Cc1ccc(NS(C)(=O)=O)c(C(=O)N2CCC3(CC2)CC3C(=O)O)c1. The maximum atomic E-state index is 12.9. The molecule has 0 bridgehead atoms. The number of carbonyl (C=O) groups excluding carboxylic acids is 1. The fourth-order valence-electron chi connectivity index (χ4n) is 3.70. The summed E-state index contributed by atoms with van der Waals surface area (Å²) in [4.78, 5) is 25.7. The molecule has 1 unspecified atom stereocenters. The van der Waals surface area contributed by atoms with Gasteiger partial charge in [-0.25, -0.2) is 8.42 Å². The summed E-state index contributed by atoms with van der Waals surface area (Å²) in [5.74, 6) is -1.26. The summed E-state index contributed by atoms with van der Waals surface area (Å²) >= 11 is 0. The van der Waals surface area contributed by atoms with Gasteiger partial charge in [0.15, 0.2) is 0 Å². The highest BCUT2D eigenvalue weighted by atomic mass is 32.2. The van der Waals surface area contributed by atoms with Crippen LogP contribution in [0, 0.1) is 18.3 Å². The Hall–Kier alpha value is -2.09. The van der Waals surface area contributed by atoms with Crippen LogP contribution < -0.4 is 4.72 Å². The summed E-state index contributed by atoms with van der Waals surface area (Å²) < 4.78 is 25.5. The van der Waals surface area contributed by atoms with Crippen LogP contribution >= 0.6 is 0 Å². The fourth-order valence-corrected chi connectivity index (χ4v) is 4.28. The molecule has 25 heavy (non-hydrogen) atoms. The second-order valence-electron chi connectivity index (χ2n) is 7.17. The molecule has 8 heteroatoms. The molecule has 1 saturated heterocycles. The number of aliphatic carboxylic acids is 1. The first-order chi connectivity index (χ1) is 11.6. The Morgan fingerprint density at radius 2 is 1.92 bits per heavy atom. The van der Waals surface area contributed by atoms with Crippen molar-refractivity contribution in [1.29, 1.82) is 0 Å². The van der Waals surface area contributed by atoms with Crippen LogP contribution in [0.1, 0.15) is 35.2 Å². The summed E-state index contributed by atoms with van der Waals surface area (Å²) in [5.41, 5.74) is 1.31. The van der Waals surface area contributed by atoms with Crippen LogP contribution in [0.5, 0.6) is 0 Å². The number of carboxylic acid groups (broad SMARTS) is 1. The lowest BCUT2D eigenvalue weighted by Gasteiger charge is -2.33. The van der Waals surface area contributed by atoms with E-state index in [1.54, 1.807) is 23.1 Å². The van der Waals surface area contributed by atoms with Gasteiger partial charge in [0.1, 0.15) is 0 Å². The number of amides is 1. The van der Waals surface area contributed by atoms with Crippen LogP contribution in [0.15, 0.2) is 18.2 Å². The Bertz CT molecular complexity index is 825. The second kappa shape index (κ2) is 6.01. The van der Waals surface area contributed by atoms with Crippen molar-refractivity contribution in [3.63, 3.8) is 0 Å². The molecule has 136 valence electrons. The Labute approximate surface area is 147 Å². The molecule has 3 rings (SSSR count). The third-order valence-corrected chi connectivity index (χ3v) is 5.83. The Morgan fingerprint density at radius 1 is 1.28 bits per heavy atom. The zero-order chi connectivity index (χ0) is 18.4. The highest BCUT2D eigenvalue weighted by molar-refractivity contribution is 7.92. The standard InChI is InChI=1S/C17H22N2O5S/c1-11-3-4-14(18-25(2,23)24)12(9-11)15(20)19-7-5-17(6-8-19)10-13(17)16(21)22/h3-4,9,13,18H,5-8,10H2,1-2H3,(H,21,22). The van der Waals surface area contributed by atoms with Crippen molar-refractivity contribution in [3.8, 4) is 0 Å². The fraction of sp³-hybridized carbons (Fsp3) is 0.529. The third kappa shape index (κ3) is 3.63. The quantitative estimate of drug-likeness (QED) is 0.844. The van der Waals surface area contributed by atoms with Crippen molar-refractivity contribution in [3.05, 3.63) is 29.3 Å². The van der Waals surface area contributed by atoms with Gasteiger partial charge in [0.05, 0.1) is 23.4 Å². The van der Waals surface area contributed by atoms with E-state index in [0.717, 1.165) is 11.8 Å². The Morgan fingerprint density at radius 3 is 2.44 bits per heavy atom. The molecule has 1 heterocycles. The normalized spacial score (nSPS) is 21.8. The first-order valence-corrected chi connectivity index (χ1v) is 10.1. The van der Waals surface area contributed by atoms with E-state index in [-0.39, 0.29) is 22.9 Å². The molecule has 1 aromatic rings. The van der Waals surface area contributed by atoms with Crippen molar-refractivity contribution in [2.75, 3.05) is 24.1 Å². The van der Waals surface area contributed by atoms with Crippen molar-refractivity contribution in [1.82, 2.24) is 4.90 Å². The van der Waals surface area contributed by atoms with Crippen molar-refractivity contribution >= 4 is 27.6 Å². The molecule has 1 saturated carbocycles. The van der Waals surface area contributed by atoms with E-state index < -0.39 is 16.0 Å². The Kier molecular flexibility index (Phi) is 4.26. The molecular formula is C17H22N2O5S. The predicted octanol–water partition coefficient (Wildman–Crippen LogP) is 1.69. The van der Waals surface area contributed by atoms with E-state index in [4.69, 9.17) is 5.11 Å². The van der Waals surface area contributed by atoms with E-state index in [1.807, 2.05) is 6.92 Å². The minimum absolute atomic E-state index is 0.150. The van der Waals surface area contributed by atoms with Gasteiger partial charge in [-0.3, -0.25) is 14.3 Å². The molecule has 1 aliphatic heterocycles. The number of hydrogen-bond donors (Lipinski definition) is 2. The van der Waals surface area contributed by atoms with E-state index in [1.165, 1.54) is 0 Å². The molecule has 2 aliphatic rings. The lowest BCUT2D eigenvalue weighted by molar-refractivity contribution is -0.139. The smallest absolute Gasteiger partial charge is 0.307 e. The van der Waals surface area contributed by atoms with Crippen LogP contribution in [-0.4, -0.2) is 49.6 Å². The first kappa shape index (κ1) is 17.7. The van der Waals surface area contributed by atoms with Gasteiger partial charge in [-0.15, -0.1) is 0 Å². The van der Waals surface area contributed by atoms with Gasteiger partial charge in [0, 0.05) is 13.1 Å². The lowest BCUT2D eigenvalue weighted by Crippen LogP contribution is -2.40. The minimum Gasteiger partial charge on any atom is -0.481 e. The lowest BCUT2D eigenvalue weighted by atomic mass is 9.90. The molecular weight excluding hydrogens is 344 g/mol. The van der Waals surface area contributed by atoms with Gasteiger partial charge >= 0.3 is 5.97 Å². The molecule has 1 aromatic carbocycles. The van der Waals surface area contributed by atoms with E-state index in [0.29, 0.717) is 37.9 Å². The first-order valence-electron chi connectivity index (χ1n) is 8.22. The number of carbonyl (C=O) groups is 2. The minimum atomic E-state index is -3.49. The van der Waals surface area contributed by atoms with Gasteiger partial charge in [0.2, 0.25) is 10.0 Å². The predicted molar refractivity (Wildman–Crippen MR) is 93.0 cm³/mol. The molecule has 1 amide bonds. The number of anilines is 1. The number of sulfonamides is 1. The maximum Gasteiger partial charge on any atom is 0.307 e. The monoisotopic (exact) mass is 366 g/mol. The number of nitrogens with zero attached hydrogens (tertiary/aromatic N) is 1. The topological polar surface area (TPSA) is 104 Å². The maximum absolute atomic E-state index is 12.9. The van der Waals surface area contributed by atoms with Gasteiger partial charge in [0.25, 0.3) is 5.91 Å².